The zero-order chi connectivity index (χ0) is 21.1. The summed E-state index contributed by atoms with van der Waals surface area (Å²) < 4.78 is 0. The monoisotopic (exact) mass is 395 g/mol. The lowest BCUT2D eigenvalue weighted by Gasteiger charge is -2.14. The van der Waals surface area contributed by atoms with Gasteiger partial charge in [-0.1, -0.05) is 35.4 Å². The van der Waals surface area contributed by atoms with E-state index in [4.69, 9.17) is 11.3 Å². The molecule has 1 amide bonds. The van der Waals surface area contributed by atoms with Crippen molar-refractivity contribution in [1.29, 1.82) is 0 Å². The highest BCUT2D eigenvalue weighted by atomic mass is 16.4. The molecule has 0 aliphatic rings. The van der Waals surface area contributed by atoms with Crippen LogP contribution in [-0.2, 0) is 4.79 Å². The maximum atomic E-state index is 12.3. The fraction of sp³-hybridized carbons (Fsp3) is 0.211. The molecule has 2 rings (SSSR count). The molecule has 0 aliphatic carbocycles. The van der Waals surface area contributed by atoms with E-state index < -0.39 is 17.9 Å². The van der Waals surface area contributed by atoms with E-state index in [0.29, 0.717) is 13.0 Å². The highest BCUT2D eigenvalue weighted by Crippen LogP contribution is 2.14. The Hall–Kier alpha value is -4.04. The summed E-state index contributed by atoms with van der Waals surface area (Å²) in [5, 5.41) is 18.2. The molecule has 0 saturated carbocycles. The van der Waals surface area contributed by atoms with E-state index in [1.807, 2.05) is 30.3 Å². The van der Waals surface area contributed by atoms with Crippen molar-refractivity contribution in [2.24, 2.45) is 15.8 Å². The van der Waals surface area contributed by atoms with Crippen LogP contribution in [0.5, 0.6) is 0 Å². The first-order chi connectivity index (χ1) is 14.0. The van der Waals surface area contributed by atoms with E-state index in [9.17, 15) is 14.7 Å². The van der Waals surface area contributed by atoms with Crippen LogP contribution in [0.3, 0.4) is 0 Å². The summed E-state index contributed by atoms with van der Waals surface area (Å²) in [6.07, 6.45) is 0.590. The van der Waals surface area contributed by atoms with Gasteiger partial charge >= 0.3 is 5.97 Å². The molecule has 5 N–H and O–H groups in total. The van der Waals surface area contributed by atoms with Crippen LogP contribution in [0.15, 0.2) is 64.7 Å². The number of nitrogens with two attached hydrogens (primary N) is 1. The largest absolute Gasteiger partial charge is 0.480 e. The molecule has 0 bridgehead atoms. The maximum absolute atomic E-state index is 12.3. The lowest BCUT2D eigenvalue weighted by Crippen LogP contribution is -2.40. The van der Waals surface area contributed by atoms with E-state index >= 15 is 0 Å². The summed E-state index contributed by atoms with van der Waals surface area (Å²) in [7, 11) is 0. The van der Waals surface area contributed by atoms with Gasteiger partial charge in [-0.3, -0.25) is 9.79 Å². The van der Waals surface area contributed by atoms with Gasteiger partial charge in [0.2, 0.25) is 0 Å². The fourth-order valence-corrected chi connectivity index (χ4v) is 2.46. The number of carbonyl (C=O) groups excluding carboxylic acids is 1. The molecule has 150 valence electrons. The smallest absolute Gasteiger partial charge is 0.326 e. The first kappa shape index (κ1) is 21.3. The van der Waals surface area contributed by atoms with Gasteiger partial charge in [-0.2, -0.15) is 0 Å². The number of nitrogens with one attached hydrogen (secondary N) is 2. The number of hydrogen-bond donors (Lipinski definition) is 4. The number of guanidine groups is 1. The summed E-state index contributed by atoms with van der Waals surface area (Å²) in [5.74, 6) is -1.49. The Balaban J connectivity index is 1.87. The molecule has 29 heavy (non-hydrogen) atoms. The zero-order valence-electron chi connectivity index (χ0n) is 15.5. The molecule has 0 aliphatic heterocycles. The molecule has 0 aromatic heterocycles. The van der Waals surface area contributed by atoms with Crippen molar-refractivity contribution in [1.82, 2.24) is 5.32 Å². The van der Waals surface area contributed by atoms with Gasteiger partial charge in [0.1, 0.15) is 6.04 Å². The lowest BCUT2D eigenvalue weighted by atomic mass is 10.1. The average Bonchev–Trinajstić information content (AvgIpc) is 2.71. The van der Waals surface area contributed by atoms with Gasteiger partial charge in [0.05, 0.1) is 0 Å². The number of rotatable bonds is 9. The molecular weight excluding hydrogens is 374 g/mol. The number of hydrogen-bond acceptors (Lipinski definition) is 4. The summed E-state index contributed by atoms with van der Waals surface area (Å²) in [4.78, 5) is 30.6. The van der Waals surface area contributed by atoms with Crippen LogP contribution in [0.4, 0.5) is 11.4 Å². The minimum atomic E-state index is -1.15. The molecule has 2 aromatic carbocycles. The first-order valence-electron chi connectivity index (χ1n) is 8.80. The minimum absolute atomic E-state index is 0.180. The van der Waals surface area contributed by atoms with Gasteiger partial charge in [-0.15, -0.1) is 0 Å². The molecule has 0 heterocycles. The normalized spacial score (nSPS) is 11.8. The Morgan fingerprint density at radius 1 is 1.17 bits per heavy atom. The fourth-order valence-electron chi connectivity index (χ4n) is 2.46. The van der Waals surface area contributed by atoms with E-state index in [0.717, 1.165) is 5.69 Å². The number of azide groups is 1. The van der Waals surface area contributed by atoms with Gasteiger partial charge < -0.3 is 21.5 Å². The van der Waals surface area contributed by atoms with Gasteiger partial charge in [0.25, 0.3) is 5.91 Å². The molecule has 2 aromatic rings. The Kier molecular flexibility index (Phi) is 8.03. The van der Waals surface area contributed by atoms with E-state index in [2.05, 4.69) is 25.7 Å². The first-order valence-corrected chi connectivity index (χ1v) is 8.80. The molecule has 0 radical (unpaired) electrons. The Bertz CT molecular complexity index is 924. The topological polar surface area (TPSA) is 166 Å². The van der Waals surface area contributed by atoms with Crippen molar-refractivity contribution in [3.05, 3.63) is 70.6 Å². The molecule has 0 unspecified atom stereocenters. The number of para-hydroxylation sites is 1. The molecule has 10 nitrogen and oxygen atoms in total. The highest BCUT2D eigenvalue weighted by molar-refractivity contribution is 5.97. The average molecular weight is 395 g/mol. The van der Waals surface area contributed by atoms with Crippen LogP contribution >= 0.6 is 0 Å². The number of nitrogens with zero attached hydrogens (tertiary/aromatic N) is 4. The van der Waals surface area contributed by atoms with Crippen molar-refractivity contribution in [2.45, 2.75) is 18.9 Å². The number of amides is 1. The van der Waals surface area contributed by atoms with Crippen LogP contribution < -0.4 is 16.4 Å². The molecule has 0 saturated heterocycles. The molecule has 10 heteroatoms. The van der Waals surface area contributed by atoms with Gasteiger partial charge in [0, 0.05) is 28.4 Å². The molecule has 0 fully saturated rings. The predicted octanol–water partition coefficient (Wildman–Crippen LogP) is 3.02. The number of aliphatic carboxylic acids is 1. The van der Waals surface area contributed by atoms with Crippen LogP contribution in [-0.4, -0.2) is 35.5 Å². The standard InChI is InChI=1S/C19H21N7O3/c20-19(23-14-7-2-1-3-8-14)22-11-5-10-16(18(28)29)24-17(27)13-6-4-9-15(12-13)25-26-21/h1-4,6-9,12,16H,5,10-11H2,(H,24,27)(H,28,29)(H3,20,22,23)/t16-/m0/s1. The molecule has 0 spiro atoms. The second-order valence-electron chi connectivity index (χ2n) is 6.00. The number of carboxylic acids is 1. The maximum Gasteiger partial charge on any atom is 0.326 e. The van der Waals surface area contributed by atoms with E-state index in [1.165, 1.54) is 18.2 Å². The summed E-state index contributed by atoms with van der Waals surface area (Å²) >= 11 is 0. The highest BCUT2D eigenvalue weighted by Gasteiger charge is 2.20. The third-order valence-electron chi connectivity index (χ3n) is 3.85. The van der Waals surface area contributed by atoms with Gasteiger partial charge in [-0.05, 0) is 42.6 Å². The molecule has 1 atom stereocenters. The van der Waals surface area contributed by atoms with E-state index in [-0.39, 0.29) is 23.6 Å². The van der Waals surface area contributed by atoms with Gasteiger partial charge in [-0.25, -0.2) is 4.79 Å². The van der Waals surface area contributed by atoms with Crippen LogP contribution in [0.2, 0.25) is 0 Å². The minimum Gasteiger partial charge on any atom is -0.480 e. The Labute approximate surface area is 167 Å². The van der Waals surface area contributed by atoms with Gasteiger partial charge in [0.15, 0.2) is 5.96 Å². The Morgan fingerprint density at radius 2 is 1.93 bits per heavy atom. The molecular formula is C19H21N7O3. The SMILES string of the molecule is [N-]=[N+]=Nc1cccc(C(=O)N[C@@H](CCCN=C(N)Nc2ccccc2)C(=O)O)c1. The lowest BCUT2D eigenvalue weighted by molar-refractivity contribution is -0.139. The Morgan fingerprint density at radius 3 is 2.62 bits per heavy atom. The third-order valence-corrected chi connectivity index (χ3v) is 3.85. The summed E-state index contributed by atoms with van der Waals surface area (Å²) in [6, 6.07) is 14.2. The number of benzene rings is 2. The number of anilines is 1. The zero-order valence-corrected chi connectivity index (χ0v) is 15.5. The van der Waals surface area contributed by atoms with Crippen LogP contribution in [0, 0.1) is 0 Å². The van der Waals surface area contributed by atoms with Crippen molar-refractivity contribution < 1.29 is 14.7 Å². The van der Waals surface area contributed by atoms with Crippen LogP contribution in [0.1, 0.15) is 23.2 Å². The summed E-state index contributed by atoms with van der Waals surface area (Å²) in [5.41, 5.74) is 15.5. The van der Waals surface area contributed by atoms with Crippen molar-refractivity contribution in [2.75, 3.05) is 11.9 Å². The second-order valence-corrected chi connectivity index (χ2v) is 6.00. The van der Waals surface area contributed by atoms with E-state index in [1.54, 1.807) is 6.07 Å². The summed E-state index contributed by atoms with van der Waals surface area (Å²) in [6.45, 7) is 0.303. The third kappa shape index (κ3) is 7.24. The van der Waals surface area contributed by atoms with Crippen molar-refractivity contribution in [3.63, 3.8) is 0 Å². The number of carbonyl (C=O) groups is 2. The second kappa shape index (κ2) is 11.0. The predicted molar refractivity (Wildman–Crippen MR) is 110 cm³/mol. The van der Waals surface area contributed by atoms with Crippen LogP contribution in [0.25, 0.3) is 10.4 Å². The van der Waals surface area contributed by atoms with Crippen molar-refractivity contribution in [3.8, 4) is 0 Å². The quantitative estimate of drug-likeness (QED) is 0.128. The number of carboxylic acid groups (broad SMARTS) is 1. The van der Waals surface area contributed by atoms with Crippen molar-refractivity contribution >= 4 is 29.2 Å². The number of aliphatic imine (C=N–C) groups is 1.